The first-order chi connectivity index (χ1) is 74.5. The van der Waals surface area contributed by atoms with Gasteiger partial charge in [0.2, 0.25) is 0 Å². The van der Waals surface area contributed by atoms with Gasteiger partial charge in [-0.2, -0.15) is 0 Å². The van der Waals surface area contributed by atoms with Gasteiger partial charge in [0.15, 0.2) is 0 Å². The van der Waals surface area contributed by atoms with Crippen molar-refractivity contribution in [3.8, 4) is 100 Å². The Hall–Kier alpha value is -16.5. The van der Waals surface area contributed by atoms with Gasteiger partial charge in [0.1, 0.15) is 33.5 Å². The van der Waals surface area contributed by atoms with Crippen molar-refractivity contribution in [3.05, 3.63) is 458 Å². The molecule has 3 nitrogen and oxygen atoms in total. The number of furan rings is 3. The van der Waals surface area contributed by atoms with Gasteiger partial charge in [0, 0.05) is 43.1 Å². The van der Waals surface area contributed by atoms with Crippen LogP contribution in [0.5, 0.6) is 0 Å². The van der Waals surface area contributed by atoms with Crippen LogP contribution in [0, 0.1) is 0 Å². The van der Waals surface area contributed by atoms with Crippen molar-refractivity contribution in [1.82, 2.24) is 0 Å². The average Bonchev–Trinajstić information content (AvgIpc) is 1.68. The minimum absolute atomic E-state index is 0.172. The van der Waals surface area contributed by atoms with Crippen molar-refractivity contribution in [2.24, 2.45) is 0 Å². The number of rotatable bonds is 7. The minimum atomic E-state index is -0.530. The molecule has 0 atom stereocenters. The van der Waals surface area contributed by atoms with Gasteiger partial charge in [-0.05, 0) is 251 Å². The van der Waals surface area contributed by atoms with Crippen molar-refractivity contribution in [2.45, 2.75) is 38.5 Å². The SMILES string of the molecule is [2H]c1c([2H])c([2H])c2c(-c3cccc4oc5ccccc5c34)c3c([2H])c([2H])c([2H])c([2H])c3c(-c3ccc(-c4cccc5c4C(C)(C)c4ccccc4-5)cc3)c2c1[2H].[2H]c1c([2H])c([2H])c2c(-c3cccc4oc5ccccc5c34)c3c([2H])c([2H])c([2H])c([2H])c3c(-c3ccc4c(ccc5ccccc54)c3)c2c1[2H].[2H]c1c([2H])c([2H])c2c(-c3cccc4oc5ccccc5c34)c3c([2H])c([2H])c([2H])c([2H])c3c(-c3cccc4c3C(C)(C)c3ccccc3-4)c2c1[2H]. The van der Waals surface area contributed by atoms with Crippen LogP contribution in [0.2, 0.25) is 0 Å². The van der Waals surface area contributed by atoms with Gasteiger partial charge < -0.3 is 13.3 Å². The fourth-order valence-electron chi connectivity index (χ4n) is 21.6. The largest absolute Gasteiger partial charge is 0.456 e. The Balaban J connectivity index is 0.000000116. The van der Waals surface area contributed by atoms with Crippen molar-refractivity contribution in [1.29, 1.82) is 0 Å². The lowest BCUT2D eigenvalue weighted by molar-refractivity contribution is 0.662. The Labute approximate surface area is 791 Å². The average molecular weight is 1690 g/mol. The van der Waals surface area contributed by atoms with Crippen molar-refractivity contribution in [3.63, 3.8) is 0 Å². The molecule has 3 aromatic heterocycles. The van der Waals surface area contributed by atoms with E-state index in [1.165, 1.54) is 22.3 Å². The normalized spacial score (nSPS) is 15.6. The smallest absolute Gasteiger partial charge is 0.136 e. The molecule has 0 saturated heterocycles. The topological polar surface area (TPSA) is 39.4 Å². The van der Waals surface area contributed by atoms with Gasteiger partial charge in [-0.1, -0.05) is 421 Å². The Morgan fingerprint density at radius 3 is 0.863 bits per heavy atom. The molecule has 28 rings (SSSR count). The highest BCUT2D eigenvalue weighted by atomic mass is 16.3. The van der Waals surface area contributed by atoms with E-state index in [-0.39, 0.29) is 143 Å². The lowest BCUT2D eigenvalue weighted by atomic mass is 9.76. The zero-order valence-corrected chi connectivity index (χ0v) is 70.9. The third-order valence-corrected chi connectivity index (χ3v) is 27.1. The first kappa shape index (κ1) is 55.2. The summed E-state index contributed by atoms with van der Waals surface area (Å²) >= 11 is 0. The summed E-state index contributed by atoms with van der Waals surface area (Å²) in [5, 5.41) is 10.6. The van der Waals surface area contributed by atoms with E-state index >= 15 is 0 Å². The molecule has 2 aliphatic carbocycles. The van der Waals surface area contributed by atoms with E-state index in [2.05, 4.69) is 82.3 Å². The molecular formula is C128H84O3. The summed E-state index contributed by atoms with van der Waals surface area (Å²) in [5.74, 6) is 0. The molecule has 0 saturated carbocycles. The molecular weight excluding hydrogens is 1590 g/mol. The summed E-state index contributed by atoms with van der Waals surface area (Å²) < 4.78 is 237. The Morgan fingerprint density at radius 2 is 0.450 bits per heavy atom. The number of para-hydroxylation sites is 3. The number of benzene rings is 23. The molecule has 0 aliphatic heterocycles. The second kappa shape index (κ2) is 29.6. The predicted octanol–water partition coefficient (Wildman–Crippen LogP) is 36.3. The zero-order valence-electron chi connectivity index (χ0n) is 94.9. The maximum Gasteiger partial charge on any atom is 0.136 e. The summed E-state index contributed by atoms with van der Waals surface area (Å²) in [4.78, 5) is 0. The Bertz CT molecular complexity index is 10600. The van der Waals surface area contributed by atoms with Gasteiger partial charge in [0.05, 0.1) is 32.9 Å². The molecule has 23 aromatic carbocycles. The molecule has 131 heavy (non-hydrogen) atoms. The van der Waals surface area contributed by atoms with Crippen LogP contribution in [0.25, 0.3) is 252 Å². The van der Waals surface area contributed by atoms with E-state index in [9.17, 15) is 16.4 Å². The fourth-order valence-corrected chi connectivity index (χ4v) is 21.6. The van der Waals surface area contributed by atoms with Crippen molar-refractivity contribution >= 4 is 152 Å². The maximum atomic E-state index is 9.46. The Kier molecular flexibility index (Phi) is 12.5. The monoisotopic (exact) mass is 1690 g/mol. The zero-order chi connectivity index (χ0) is 108. The molecule has 2 aliphatic rings. The summed E-state index contributed by atoms with van der Waals surface area (Å²) in [7, 11) is 0. The second-order valence-corrected chi connectivity index (χ2v) is 34.7. The van der Waals surface area contributed by atoms with E-state index in [0.29, 0.717) is 116 Å². The van der Waals surface area contributed by atoms with Crippen LogP contribution in [-0.2, 0) is 10.8 Å². The van der Waals surface area contributed by atoms with Gasteiger partial charge in [-0.3, -0.25) is 0 Å². The van der Waals surface area contributed by atoms with Crippen LogP contribution in [-0.4, -0.2) is 0 Å². The molecule has 3 heteroatoms. The Morgan fingerprint density at radius 1 is 0.183 bits per heavy atom. The van der Waals surface area contributed by atoms with E-state index in [1.807, 2.05) is 218 Å². The number of hydrogen-bond donors (Lipinski definition) is 0. The third-order valence-electron chi connectivity index (χ3n) is 27.1. The highest BCUT2D eigenvalue weighted by Crippen LogP contribution is 2.58. The van der Waals surface area contributed by atoms with E-state index in [4.69, 9.17) is 29.7 Å². The van der Waals surface area contributed by atoms with Crippen LogP contribution in [0.1, 0.15) is 82.8 Å². The maximum absolute atomic E-state index is 9.46. The molecule has 0 fully saturated rings. The molecule has 614 valence electrons. The predicted molar refractivity (Wildman–Crippen MR) is 554 cm³/mol. The first-order valence-electron chi connectivity index (χ1n) is 55.6. The minimum Gasteiger partial charge on any atom is -0.456 e. The lowest BCUT2D eigenvalue weighted by Gasteiger charge is -2.26. The first-order valence-corrected chi connectivity index (χ1v) is 43.6. The molecule has 26 aromatic rings. The highest BCUT2D eigenvalue weighted by molar-refractivity contribution is 6.30. The van der Waals surface area contributed by atoms with Crippen LogP contribution >= 0.6 is 0 Å². The molecule has 0 spiro atoms. The fraction of sp³-hybridized carbons (Fsp3) is 0.0469. The summed E-state index contributed by atoms with van der Waals surface area (Å²) in [6.07, 6.45) is 0. The van der Waals surface area contributed by atoms with Crippen molar-refractivity contribution in [2.75, 3.05) is 0 Å². The van der Waals surface area contributed by atoms with Crippen LogP contribution in [0.3, 0.4) is 0 Å². The standard InChI is InChI=1S/C47H32O.C41H28O.C40H24O/c1-47(2)40-22-9-7-13-32(40)37-20-11-19-31(46(37)47)29-25-27-30(28-26-29)43-33-14-3-5-16-35(33)44(36-17-6-4-15-34(36)43)39-21-12-24-42-45(39)38-18-8-10-23-41(38)48-42;1-41(2)34-22-9-7-13-25(34)30-19-11-21-33(40(30)41)38-28-16-5-3-14-26(28)37(27-15-4-6-17-29(27)38)32-20-12-24-36-39(32)31-18-8-10-23-35(31)42-36;1-2-11-28-25(10-1)20-21-26-24-27(22-23-29(26)28)38-30-12-3-5-14-32(30)39(33-15-6-4-13-31(33)38)35-17-9-19-37-40(35)34-16-7-8-18-36(34)41-37/h3-28H,1-2H3;3-24H,1-2H3;1-24H/i2*3D,4D,5D,6D,14D,15D,16D,17D;3D,4D,5D,6D,12D,13D,14D,15D. The number of fused-ring (bicyclic) bond motifs is 24. The van der Waals surface area contributed by atoms with Gasteiger partial charge in [0.25, 0.3) is 0 Å². The molecule has 0 radical (unpaired) electrons. The van der Waals surface area contributed by atoms with Gasteiger partial charge in [-0.15, -0.1) is 0 Å². The molecule has 0 unspecified atom stereocenters. The van der Waals surface area contributed by atoms with Crippen LogP contribution in [0.4, 0.5) is 0 Å². The molecule has 3 heterocycles. The van der Waals surface area contributed by atoms with Crippen LogP contribution in [0.15, 0.2) is 449 Å². The summed E-state index contributed by atoms with van der Waals surface area (Å²) in [6.45, 7) is 8.72. The summed E-state index contributed by atoms with van der Waals surface area (Å²) in [5.41, 5.74) is 19.1. The van der Waals surface area contributed by atoms with Crippen molar-refractivity contribution < 1.29 is 46.1 Å². The molecule has 0 bridgehead atoms. The quantitative estimate of drug-likeness (QED) is 0.118. The molecule has 0 N–H and O–H groups in total. The molecule has 0 amide bonds. The van der Waals surface area contributed by atoms with E-state index in [1.54, 1.807) is 18.2 Å². The van der Waals surface area contributed by atoms with E-state index in [0.717, 1.165) is 71.1 Å². The number of hydrogen-bond acceptors (Lipinski definition) is 3. The van der Waals surface area contributed by atoms with Gasteiger partial charge >= 0.3 is 0 Å². The van der Waals surface area contributed by atoms with Crippen LogP contribution < -0.4 is 0 Å². The second-order valence-electron chi connectivity index (χ2n) is 34.7. The highest BCUT2D eigenvalue weighted by Gasteiger charge is 2.40. The lowest BCUT2D eigenvalue weighted by Crippen LogP contribution is -2.16. The van der Waals surface area contributed by atoms with E-state index < -0.39 is 77.9 Å². The summed E-state index contributed by atoms with van der Waals surface area (Å²) in [6, 6.07) is 84.7. The van der Waals surface area contributed by atoms with Gasteiger partial charge in [-0.25, -0.2) is 0 Å². The third kappa shape index (κ3) is 11.6.